The number of carbonyl (C=O) groups excluding carboxylic acids is 2. The Kier molecular flexibility index (Phi) is 7.47. The zero-order valence-corrected chi connectivity index (χ0v) is 19.8. The van der Waals surface area contributed by atoms with Gasteiger partial charge in [0.05, 0.1) is 25.3 Å². The third kappa shape index (κ3) is 5.36. The van der Waals surface area contributed by atoms with Crippen LogP contribution in [0.15, 0.2) is 24.4 Å². The van der Waals surface area contributed by atoms with E-state index in [1.807, 2.05) is 31.1 Å². The molecule has 35 heavy (non-hydrogen) atoms. The standard InChI is InChI=1S/C26H28N4O5/c1-16-20(3-4-21-22(16)15-35-25(21)14-31)23(32)13-30-7-5-18(6-8-30)29-26(33)10-19-9-24(34-2)17(11-27)12-28-19/h3-4,9,12,18,23,32H,5-8,10,13,15H2,1-2H3,(H,29,33)/t23-/m0/s1. The first-order valence-corrected chi connectivity index (χ1v) is 11.6. The molecule has 9 heteroatoms. The number of piperidine rings is 1. The first kappa shape index (κ1) is 24.4. The van der Waals surface area contributed by atoms with Crippen molar-refractivity contribution in [3.05, 3.63) is 57.9 Å². The largest absolute Gasteiger partial charge is 0.495 e. The van der Waals surface area contributed by atoms with Crippen molar-refractivity contribution in [2.24, 2.45) is 0 Å². The molecule has 1 atom stereocenters. The van der Waals surface area contributed by atoms with Crippen molar-refractivity contribution >= 4 is 17.6 Å². The van der Waals surface area contributed by atoms with Gasteiger partial charge in [-0.3, -0.25) is 9.78 Å². The molecule has 1 amide bonds. The molecular weight excluding hydrogens is 448 g/mol. The number of nitrogens with one attached hydrogen (secondary N) is 1. The molecule has 182 valence electrons. The van der Waals surface area contributed by atoms with Gasteiger partial charge in [-0.2, -0.15) is 5.26 Å². The van der Waals surface area contributed by atoms with Gasteiger partial charge in [0.1, 0.15) is 24.0 Å². The van der Waals surface area contributed by atoms with Gasteiger partial charge in [-0.1, -0.05) is 6.07 Å². The number of β-amino-alcohol motifs (C(OH)–C–C–N with tert-alkyl or cyclic N) is 1. The molecule has 1 aromatic heterocycles. The van der Waals surface area contributed by atoms with Crippen molar-refractivity contribution in [2.45, 2.75) is 44.9 Å². The predicted octanol–water partition coefficient (Wildman–Crippen LogP) is 1.83. The Balaban J connectivity index is 1.27. The number of aliphatic hydroxyl groups is 1. The average Bonchev–Trinajstić information content (AvgIpc) is 3.29. The number of nitriles is 1. The number of carbonyl (C=O) groups is 1. The van der Waals surface area contributed by atoms with E-state index in [1.165, 1.54) is 13.3 Å². The fraction of sp³-hybridized carbons (Fsp3) is 0.423. The van der Waals surface area contributed by atoms with E-state index in [-0.39, 0.29) is 24.1 Å². The summed E-state index contributed by atoms with van der Waals surface area (Å²) in [6.45, 7) is 4.27. The Morgan fingerprint density at radius 3 is 2.86 bits per heavy atom. The van der Waals surface area contributed by atoms with Crippen LogP contribution in [0.25, 0.3) is 5.76 Å². The number of hydrogen-bond acceptors (Lipinski definition) is 8. The highest BCUT2D eigenvalue weighted by molar-refractivity contribution is 5.86. The molecule has 3 heterocycles. The molecule has 2 N–H and O–H groups in total. The molecule has 9 nitrogen and oxygen atoms in total. The number of hydrogen-bond donors (Lipinski definition) is 2. The van der Waals surface area contributed by atoms with Crippen molar-refractivity contribution in [3.63, 3.8) is 0 Å². The monoisotopic (exact) mass is 476 g/mol. The molecule has 0 radical (unpaired) electrons. The van der Waals surface area contributed by atoms with Crippen LogP contribution < -0.4 is 10.1 Å². The van der Waals surface area contributed by atoms with Crippen LogP contribution in [0.1, 0.15) is 52.5 Å². The highest BCUT2D eigenvalue weighted by Gasteiger charge is 2.27. The smallest absolute Gasteiger partial charge is 0.226 e. The second-order valence-corrected chi connectivity index (χ2v) is 8.85. The van der Waals surface area contributed by atoms with E-state index in [4.69, 9.17) is 14.7 Å². The highest BCUT2D eigenvalue weighted by Crippen LogP contribution is 2.34. The molecule has 0 saturated carbocycles. The fourth-order valence-electron chi connectivity index (χ4n) is 4.71. The highest BCUT2D eigenvalue weighted by atomic mass is 16.5. The fourth-order valence-corrected chi connectivity index (χ4v) is 4.71. The van der Waals surface area contributed by atoms with Crippen LogP contribution in [-0.2, 0) is 27.4 Å². The first-order valence-electron chi connectivity index (χ1n) is 11.6. The number of amides is 1. The number of ether oxygens (including phenoxy) is 2. The van der Waals surface area contributed by atoms with Crippen molar-refractivity contribution in [2.75, 3.05) is 26.7 Å². The summed E-state index contributed by atoms with van der Waals surface area (Å²) >= 11 is 0. The van der Waals surface area contributed by atoms with Crippen molar-refractivity contribution in [3.8, 4) is 11.8 Å². The summed E-state index contributed by atoms with van der Waals surface area (Å²) in [7, 11) is 1.48. The maximum Gasteiger partial charge on any atom is 0.226 e. The molecular formula is C26H28N4O5. The van der Waals surface area contributed by atoms with Crippen LogP contribution in [0.5, 0.6) is 5.75 Å². The van der Waals surface area contributed by atoms with Gasteiger partial charge in [-0.25, -0.2) is 4.79 Å². The third-order valence-corrected chi connectivity index (χ3v) is 6.69. The summed E-state index contributed by atoms with van der Waals surface area (Å²) < 4.78 is 10.6. The molecule has 0 unspecified atom stereocenters. The lowest BCUT2D eigenvalue weighted by Crippen LogP contribution is -2.46. The minimum absolute atomic E-state index is 0.0589. The summed E-state index contributed by atoms with van der Waals surface area (Å²) in [5.41, 5.74) is 4.33. The van der Waals surface area contributed by atoms with Crippen LogP contribution in [0.4, 0.5) is 0 Å². The minimum Gasteiger partial charge on any atom is -0.495 e. The molecule has 0 spiro atoms. The number of aliphatic hydroxyl groups excluding tert-OH is 1. The SMILES string of the molecule is COc1cc(CC(=O)NC2CCN(C[C@H](O)c3ccc4c(c3C)COC4=C=O)CC2)ncc1C#N. The molecule has 2 aliphatic heterocycles. The van der Waals surface area contributed by atoms with Crippen LogP contribution in [0, 0.1) is 18.3 Å². The summed E-state index contributed by atoms with van der Waals surface area (Å²) in [6.07, 6.45) is 2.44. The second kappa shape index (κ2) is 10.7. The summed E-state index contributed by atoms with van der Waals surface area (Å²) in [5, 5.41) is 23.0. The van der Waals surface area contributed by atoms with E-state index >= 15 is 0 Å². The number of benzene rings is 1. The van der Waals surface area contributed by atoms with E-state index in [0.29, 0.717) is 30.2 Å². The molecule has 4 rings (SSSR count). The van der Waals surface area contributed by atoms with Gasteiger partial charge in [0, 0.05) is 49.1 Å². The van der Waals surface area contributed by atoms with Gasteiger partial charge in [0.15, 0.2) is 5.94 Å². The van der Waals surface area contributed by atoms with Gasteiger partial charge >= 0.3 is 0 Å². The number of nitrogens with zero attached hydrogens (tertiary/aromatic N) is 3. The molecule has 2 aliphatic rings. The Morgan fingerprint density at radius 2 is 2.17 bits per heavy atom. The van der Waals surface area contributed by atoms with Gasteiger partial charge in [0.2, 0.25) is 11.7 Å². The Bertz CT molecular complexity index is 1210. The quantitative estimate of drug-likeness (QED) is 0.580. The number of rotatable bonds is 7. The maximum atomic E-state index is 12.5. The Labute approximate surface area is 204 Å². The topological polar surface area (TPSA) is 125 Å². The zero-order valence-electron chi connectivity index (χ0n) is 19.8. The minimum atomic E-state index is -0.659. The van der Waals surface area contributed by atoms with Crippen molar-refractivity contribution in [1.82, 2.24) is 15.2 Å². The van der Waals surface area contributed by atoms with E-state index < -0.39 is 6.10 Å². The molecule has 0 bridgehead atoms. The van der Waals surface area contributed by atoms with Gasteiger partial charge < -0.3 is 24.8 Å². The van der Waals surface area contributed by atoms with Gasteiger partial charge in [-0.15, -0.1) is 0 Å². The lowest BCUT2D eigenvalue weighted by atomic mass is 9.94. The Morgan fingerprint density at radius 1 is 1.40 bits per heavy atom. The molecule has 1 saturated heterocycles. The molecule has 2 aromatic rings. The second-order valence-electron chi connectivity index (χ2n) is 8.85. The van der Waals surface area contributed by atoms with Gasteiger partial charge in [-0.05, 0) is 37.0 Å². The predicted molar refractivity (Wildman–Crippen MR) is 127 cm³/mol. The van der Waals surface area contributed by atoms with Crippen LogP contribution in [0.3, 0.4) is 0 Å². The lowest BCUT2D eigenvalue weighted by Gasteiger charge is -2.33. The molecule has 0 aliphatic carbocycles. The number of likely N-dealkylation sites (tertiary alicyclic amines) is 1. The maximum absolute atomic E-state index is 12.5. The molecule has 1 fully saturated rings. The number of methoxy groups -OCH3 is 1. The number of aromatic nitrogens is 1. The van der Waals surface area contributed by atoms with Crippen LogP contribution in [0.2, 0.25) is 0 Å². The normalized spacial score (nSPS) is 16.6. The number of pyridine rings is 1. The van der Waals surface area contributed by atoms with Crippen molar-refractivity contribution < 1.29 is 24.2 Å². The van der Waals surface area contributed by atoms with Crippen LogP contribution in [-0.4, -0.2) is 59.6 Å². The van der Waals surface area contributed by atoms with E-state index in [2.05, 4.69) is 15.2 Å². The summed E-state index contributed by atoms with van der Waals surface area (Å²) in [6, 6.07) is 7.35. The third-order valence-electron chi connectivity index (χ3n) is 6.69. The van der Waals surface area contributed by atoms with E-state index in [0.717, 1.165) is 48.2 Å². The van der Waals surface area contributed by atoms with Crippen LogP contribution >= 0.6 is 0 Å². The number of fused-ring (bicyclic) bond motifs is 1. The van der Waals surface area contributed by atoms with Crippen molar-refractivity contribution in [1.29, 1.82) is 5.26 Å². The molecule has 1 aromatic carbocycles. The summed E-state index contributed by atoms with van der Waals surface area (Å²) in [5.74, 6) is 2.33. The van der Waals surface area contributed by atoms with E-state index in [1.54, 1.807) is 6.07 Å². The Hall–Kier alpha value is -3.70. The summed E-state index contributed by atoms with van der Waals surface area (Å²) in [4.78, 5) is 29.9. The zero-order chi connectivity index (χ0) is 24.9. The van der Waals surface area contributed by atoms with Gasteiger partial charge in [0.25, 0.3) is 0 Å². The first-order chi connectivity index (χ1) is 16.9. The lowest BCUT2D eigenvalue weighted by molar-refractivity contribution is -0.121. The average molecular weight is 477 g/mol. The van der Waals surface area contributed by atoms with E-state index in [9.17, 15) is 14.7 Å².